The van der Waals surface area contributed by atoms with Gasteiger partial charge in [-0.3, -0.25) is 0 Å². The Morgan fingerprint density at radius 1 is 1.11 bits per heavy atom. The molecule has 4 nitrogen and oxygen atoms in total. The molecule has 0 aromatic heterocycles. The predicted octanol–water partition coefficient (Wildman–Crippen LogP) is 2.64. The summed E-state index contributed by atoms with van der Waals surface area (Å²) in [4.78, 5) is 0. The van der Waals surface area contributed by atoms with Crippen molar-refractivity contribution in [2.24, 2.45) is 0 Å². The molecule has 0 atom stereocenters. The molecule has 0 amide bonds. The number of aliphatic hydroxyl groups is 1. The van der Waals surface area contributed by atoms with Crippen molar-refractivity contribution in [3.05, 3.63) is 16.7 Å². The van der Waals surface area contributed by atoms with Gasteiger partial charge in [0.15, 0.2) is 11.5 Å². The average molecular weight is 275 g/mol. The molecule has 1 aromatic rings. The maximum atomic E-state index is 9.55. The summed E-state index contributed by atoms with van der Waals surface area (Å²) in [5.74, 6) is 1.53. The molecule has 0 radical (unpaired) electrons. The maximum absolute atomic E-state index is 9.55. The molecule has 1 aromatic carbocycles. The van der Waals surface area contributed by atoms with E-state index in [0.29, 0.717) is 27.8 Å². The molecule has 0 aliphatic carbocycles. The van der Waals surface area contributed by atoms with Gasteiger partial charge in [0.25, 0.3) is 0 Å². The van der Waals surface area contributed by atoms with E-state index in [-0.39, 0.29) is 6.61 Å². The van der Waals surface area contributed by atoms with Gasteiger partial charge in [0.1, 0.15) is 5.75 Å². The van der Waals surface area contributed by atoms with Crippen LogP contribution in [0.3, 0.4) is 0 Å². The van der Waals surface area contributed by atoms with Crippen LogP contribution >= 0.6 is 11.6 Å². The van der Waals surface area contributed by atoms with Crippen LogP contribution in [0, 0.1) is 0 Å². The zero-order valence-corrected chi connectivity index (χ0v) is 12.1. The SMILES string of the molecule is COc1cc(Cl)c(OC)c(C(C)(C)CO)c1OC. The highest BCUT2D eigenvalue weighted by atomic mass is 35.5. The summed E-state index contributed by atoms with van der Waals surface area (Å²) < 4.78 is 16.0. The third-order valence-corrected chi connectivity index (χ3v) is 3.13. The Kier molecular flexibility index (Phi) is 4.71. The molecule has 0 fully saturated rings. The largest absolute Gasteiger partial charge is 0.495 e. The second kappa shape index (κ2) is 5.67. The van der Waals surface area contributed by atoms with E-state index in [4.69, 9.17) is 25.8 Å². The number of methoxy groups -OCH3 is 3. The topological polar surface area (TPSA) is 47.9 Å². The van der Waals surface area contributed by atoms with Gasteiger partial charge >= 0.3 is 0 Å². The molecule has 1 rings (SSSR count). The Hall–Kier alpha value is -1.13. The second-order valence-corrected chi connectivity index (χ2v) is 4.95. The molecule has 5 heteroatoms. The highest BCUT2D eigenvalue weighted by Crippen LogP contribution is 2.48. The van der Waals surface area contributed by atoms with Gasteiger partial charge in [-0.2, -0.15) is 0 Å². The van der Waals surface area contributed by atoms with E-state index < -0.39 is 5.41 Å². The summed E-state index contributed by atoms with van der Waals surface area (Å²) in [6.07, 6.45) is 0. The van der Waals surface area contributed by atoms with Gasteiger partial charge in [0.05, 0.1) is 33.0 Å². The van der Waals surface area contributed by atoms with Crippen LogP contribution in [0.2, 0.25) is 5.02 Å². The van der Waals surface area contributed by atoms with Crippen LogP contribution in [0.5, 0.6) is 17.2 Å². The van der Waals surface area contributed by atoms with Crippen LogP contribution in [-0.4, -0.2) is 33.0 Å². The monoisotopic (exact) mass is 274 g/mol. The minimum Gasteiger partial charge on any atom is -0.495 e. The Bertz CT molecular complexity index is 429. The van der Waals surface area contributed by atoms with Gasteiger partial charge in [-0.15, -0.1) is 0 Å². The lowest BCUT2D eigenvalue weighted by Gasteiger charge is -2.28. The first-order valence-corrected chi connectivity index (χ1v) is 5.90. The van der Waals surface area contributed by atoms with E-state index >= 15 is 0 Å². The molecular weight excluding hydrogens is 256 g/mol. The number of ether oxygens (including phenoxy) is 3. The molecule has 0 bridgehead atoms. The van der Waals surface area contributed by atoms with Crippen LogP contribution in [-0.2, 0) is 5.41 Å². The second-order valence-electron chi connectivity index (χ2n) is 4.54. The van der Waals surface area contributed by atoms with Gasteiger partial charge in [0, 0.05) is 17.0 Å². The van der Waals surface area contributed by atoms with Crippen LogP contribution in [0.25, 0.3) is 0 Å². The first kappa shape index (κ1) is 14.9. The summed E-state index contributed by atoms with van der Waals surface area (Å²) in [5.41, 5.74) is 0.133. The van der Waals surface area contributed by atoms with E-state index in [0.717, 1.165) is 0 Å². The molecule has 102 valence electrons. The van der Waals surface area contributed by atoms with Gasteiger partial charge in [-0.1, -0.05) is 25.4 Å². The average Bonchev–Trinajstić information content (AvgIpc) is 2.37. The lowest BCUT2D eigenvalue weighted by Crippen LogP contribution is -2.24. The van der Waals surface area contributed by atoms with Crippen molar-refractivity contribution in [3.63, 3.8) is 0 Å². The zero-order chi connectivity index (χ0) is 13.9. The van der Waals surface area contributed by atoms with E-state index in [9.17, 15) is 5.11 Å². The number of rotatable bonds is 5. The van der Waals surface area contributed by atoms with Crippen molar-refractivity contribution in [1.29, 1.82) is 0 Å². The Morgan fingerprint density at radius 2 is 1.67 bits per heavy atom. The Morgan fingerprint density at radius 3 is 2.06 bits per heavy atom. The van der Waals surface area contributed by atoms with Crippen molar-refractivity contribution in [3.8, 4) is 17.2 Å². The minimum absolute atomic E-state index is 0.0663. The fraction of sp³-hybridized carbons (Fsp3) is 0.538. The molecule has 0 unspecified atom stereocenters. The Labute approximate surface area is 112 Å². The summed E-state index contributed by atoms with van der Waals surface area (Å²) in [6, 6.07) is 1.64. The lowest BCUT2D eigenvalue weighted by atomic mass is 9.84. The third kappa shape index (κ3) is 2.49. The van der Waals surface area contributed by atoms with Crippen molar-refractivity contribution in [2.75, 3.05) is 27.9 Å². The standard InChI is InChI=1S/C13H19ClO4/c1-13(2,7-15)10-11(17-4)8(14)6-9(16-3)12(10)18-5/h6,15H,7H2,1-5H3. The first-order chi connectivity index (χ1) is 8.42. The van der Waals surface area contributed by atoms with Gasteiger partial charge in [-0.25, -0.2) is 0 Å². The van der Waals surface area contributed by atoms with E-state index in [1.54, 1.807) is 13.2 Å². The summed E-state index contributed by atoms with van der Waals surface area (Å²) in [6.45, 7) is 3.69. The predicted molar refractivity (Wildman–Crippen MR) is 71.2 cm³/mol. The first-order valence-electron chi connectivity index (χ1n) is 5.52. The smallest absolute Gasteiger partial charge is 0.168 e. The Balaban J connectivity index is 3.66. The summed E-state index contributed by atoms with van der Waals surface area (Å²) in [7, 11) is 4.61. The number of hydrogen-bond donors (Lipinski definition) is 1. The third-order valence-electron chi connectivity index (χ3n) is 2.85. The molecule has 0 saturated heterocycles. The molecule has 1 N–H and O–H groups in total. The number of benzene rings is 1. The van der Waals surface area contributed by atoms with Crippen molar-refractivity contribution >= 4 is 11.6 Å². The van der Waals surface area contributed by atoms with Crippen LogP contribution in [0.4, 0.5) is 0 Å². The summed E-state index contributed by atoms with van der Waals surface area (Å²) >= 11 is 6.16. The molecule has 0 spiro atoms. The van der Waals surface area contributed by atoms with E-state index in [1.807, 2.05) is 13.8 Å². The fourth-order valence-electron chi connectivity index (χ4n) is 1.84. The minimum atomic E-state index is -0.561. The van der Waals surface area contributed by atoms with Crippen molar-refractivity contribution in [1.82, 2.24) is 0 Å². The number of halogens is 1. The molecule has 0 aliphatic rings. The highest BCUT2D eigenvalue weighted by molar-refractivity contribution is 6.32. The molecular formula is C13H19ClO4. The van der Waals surface area contributed by atoms with Crippen LogP contribution < -0.4 is 14.2 Å². The molecule has 0 aliphatic heterocycles. The fourth-order valence-corrected chi connectivity index (χ4v) is 2.11. The molecule has 0 saturated carbocycles. The highest BCUT2D eigenvalue weighted by Gasteiger charge is 2.31. The summed E-state index contributed by atoms with van der Waals surface area (Å²) in [5, 5.41) is 9.97. The molecule has 0 heterocycles. The normalized spacial score (nSPS) is 11.3. The van der Waals surface area contributed by atoms with Gasteiger partial charge < -0.3 is 19.3 Å². The quantitative estimate of drug-likeness (QED) is 0.897. The van der Waals surface area contributed by atoms with Crippen LogP contribution in [0.1, 0.15) is 19.4 Å². The molecule has 18 heavy (non-hydrogen) atoms. The number of hydrogen-bond acceptors (Lipinski definition) is 4. The zero-order valence-electron chi connectivity index (χ0n) is 11.3. The van der Waals surface area contributed by atoms with E-state index in [2.05, 4.69) is 0 Å². The van der Waals surface area contributed by atoms with Gasteiger partial charge in [0.2, 0.25) is 0 Å². The maximum Gasteiger partial charge on any atom is 0.168 e. The number of aliphatic hydroxyl groups excluding tert-OH is 1. The van der Waals surface area contributed by atoms with Crippen molar-refractivity contribution in [2.45, 2.75) is 19.3 Å². The van der Waals surface area contributed by atoms with Crippen molar-refractivity contribution < 1.29 is 19.3 Å². The van der Waals surface area contributed by atoms with E-state index in [1.165, 1.54) is 14.2 Å². The lowest BCUT2D eigenvalue weighted by molar-refractivity contribution is 0.209. The van der Waals surface area contributed by atoms with Gasteiger partial charge in [-0.05, 0) is 0 Å². The van der Waals surface area contributed by atoms with Crippen LogP contribution in [0.15, 0.2) is 6.07 Å².